The average Bonchev–Trinajstić information content (AvgIpc) is 2.67. The highest BCUT2D eigenvalue weighted by atomic mass is 32.2. The molecule has 0 bridgehead atoms. The molecule has 0 heterocycles. The van der Waals surface area contributed by atoms with Crippen LogP contribution in [0.25, 0.3) is 0 Å². The standard InChI is InChI=1S/C20H22N2O7S/c1-4-28-19(24)14-10-15(20(25)29-5-2)12-17(11-14)22-30(26,27)18-8-6-16(7-9-18)21-13(3)23/h6-12,22H,4-5H2,1-3H3,(H,21,23). The van der Waals surface area contributed by atoms with Crippen LogP contribution in [-0.2, 0) is 24.3 Å². The van der Waals surface area contributed by atoms with Crippen LogP contribution in [0.5, 0.6) is 0 Å². The predicted octanol–water partition coefficient (Wildman–Crippen LogP) is 2.80. The van der Waals surface area contributed by atoms with Crippen LogP contribution in [0.2, 0.25) is 0 Å². The van der Waals surface area contributed by atoms with Gasteiger partial charge in [-0.3, -0.25) is 9.52 Å². The van der Waals surface area contributed by atoms with Crippen molar-refractivity contribution < 1.29 is 32.3 Å². The summed E-state index contributed by atoms with van der Waals surface area (Å²) in [6.07, 6.45) is 0. The summed E-state index contributed by atoms with van der Waals surface area (Å²) in [4.78, 5) is 35.2. The van der Waals surface area contributed by atoms with Crippen molar-refractivity contribution in [3.63, 3.8) is 0 Å². The molecule has 10 heteroatoms. The van der Waals surface area contributed by atoms with E-state index >= 15 is 0 Å². The first-order chi connectivity index (χ1) is 14.2. The van der Waals surface area contributed by atoms with Gasteiger partial charge in [0.2, 0.25) is 5.91 Å². The van der Waals surface area contributed by atoms with E-state index in [-0.39, 0.29) is 40.8 Å². The van der Waals surface area contributed by atoms with Crippen molar-refractivity contribution in [1.82, 2.24) is 0 Å². The minimum atomic E-state index is -4.03. The van der Waals surface area contributed by atoms with Crippen LogP contribution >= 0.6 is 0 Å². The van der Waals surface area contributed by atoms with Crippen LogP contribution in [0.3, 0.4) is 0 Å². The quantitative estimate of drug-likeness (QED) is 0.612. The molecular weight excluding hydrogens is 412 g/mol. The smallest absolute Gasteiger partial charge is 0.338 e. The normalized spacial score (nSPS) is 10.8. The lowest BCUT2D eigenvalue weighted by molar-refractivity contribution is -0.114. The Balaban J connectivity index is 2.37. The Hall–Kier alpha value is -3.40. The van der Waals surface area contributed by atoms with E-state index in [4.69, 9.17) is 9.47 Å². The Labute approximate surface area is 174 Å². The van der Waals surface area contributed by atoms with Gasteiger partial charge in [0.05, 0.1) is 34.9 Å². The third-order valence-corrected chi connectivity index (χ3v) is 5.09. The molecule has 0 aromatic heterocycles. The number of benzene rings is 2. The summed E-state index contributed by atoms with van der Waals surface area (Å²) in [6, 6.07) is 9.32. The largest absolute Gasteiger partial charge is 0.462 e. The number of hydrogen-bond donors (Lipinski definition) is 2. The summed E-state index contributed by atoms with van der Waals surface area (Å²) >= 11 is 0. The van der Waals surface area contributed by atoms with E-state index in [1.54, 1.807) is 13.8 Å². The highest BCUT2D eigenvalue weighted by molar-refractivity contribution is 7.92. The molecule has 0 spiro atoms. The van der Waals surface area contributed by atoms with Gasteiger partial charge >= 0.3 is 11.9 Å². The molecule has 2 aromatic rings. The molecule has 0 aliphatic heterocycles. The van der Waals surface area contributed by atoms with E-state index in [0.29, 0.717) is 5.69 Å². The molecule has 2 aromatic carbocycles. The second-order valence-electron chi connectivity index (χ2n) is 6.05. The molecule has 30 heavy (non-hydrogen) atoms. The second-order valence-corrected chi connectivity index (χ2v) is 7.73. The summed E-state index contributed by atoms with van der Waals surface area (Å²) < 4.78 is 37.6. The van der Waals surface area contributed by atoms with Gasteiger partial charge in [0.25, 0.3) is 10.0 Å². The molecule has 0 atom stereocenters. The number of ether oxygens (including phenoxy) is 2. The summed E-state index contributed by atoms with van der Waals surface area (Å²) in [6.45, 7) is 4.82. The van der Waals surface area contributed by atoms with Crippen LogP contribution in [0.1, 0.15) is 41.5 Å². The molecule has 9 nitrogen and oxygen atoms in total. The molecule has 0 fully saturated rings. The molecule has 0 aliphatic rings. The predicted molar refractivity (Wildman–Crippen MR) is 110 cm³/mol. The zero-order valence-electron chi connectivity index (χ0n) is 16.7. The van der Waals surface area contributed by atoms with Gasteiger partial charge < -0.3 is 14.8 Å². The molecular formula is C20H22N2O7S. The van der Waals surface area contributed by atoms with Gasteiger partial charge in [-0.1, -0.05) is 0 Å². The van der Waals surface area contributed by atoms with Gasteiger partial charge in [0.15, 0.2) is 0 Å². The number of nitrogens with one attached hydrogen (secondary N) is 2. The van der Waals surface area contributed by atoms with Crippen LogP contribution in [-0.4, -0.2) is 39.5 Å². The fourth-order valence-corrected chi connectivity index (χ4v) is 3.53. The zero-order valence-corrected chi connectivity index (χ0v) is 17.5. The number of sulfonamides is 1. The van der Waals surface area contributed by atoms with Crippen molar-refractivity contribution >= 4 is 39.2 Å². The maximum atomic E-state index is 12.7. The van der Waals surface area contributed by atoms with Gasteiger partial charge in [-0.25, -0.2) is 18.0 Å². The first-order valence-electron chi connectivity index (χ1n) is 9.06. The minimum Gasteiger partial charge on any atom is -0.462 e. The molecule has 2 rings (SSSR count). The van der Waals surface area contributed by atoms with E-state index in [1.165, 1.54) is 49.4 Å². The Morgan fingerprint density at radius 3 is 1.77 bits per heavy atom. The first kappa shape index (κ1) is 22.9. The molecule has 0 aliphatic carbocycles. The highest BCUT2D eigenvalue weighted by Gasteiger charge is 2.19. The van der Waals surface area contributed by atoms with Crippen molar-refractivity contribution in [3.05, 3.63) is 53.6 Å². The molecule has 0 unspecified atom stereocenters. The topological polar surface area (TPSA) is 128 Å². The lowest BCUT2D eigenvalue weighted by Crippen LogP contribution is -2.15. The third kappa shape index (κ3) is 6.05. The molecule has 160 valence electrons. The van der Waals surface area contributed by atoms with E-state index < -0.39 is 22.0 Å². The van der Waals surface area contributed by atoms with Gasteiger partial charge in [-0.15, -0.1) is 0 Å². The summed E-state index contributed by atoms with van der Waals surface area (Å²) in [5.74, 6) is -1.70. The Bertz CT molecular complexity index is 1010. The number of rotatable bonds is 8. The van der Waals surface area contributed by atoms with Crippen LogP contribution in [0, 0.1) is 0 Å². The van der Waals surface area contributed by atoms with Crippen molar-refractivity contribution in [3.8, 4) is 0 Å². The Morgan fingerprint density at radius 2 is 1.33 bits per heavy atom. The van der Waals surface area contributed by atoms with Gasteiger partial charge in [-0.2, -0.15) is 0 Å². The highest BCUT2D eigenvalue weighted by Crippen LogP contribution is 2.22. The van der Waals surface area contributed by atoms with E-state index in [2.05, 4.69) is 10.0 Å². The number of hydrogen-bond acceptors (Lipinski definition) is 7. The van der Waals surface area contributed by atoms with Gasteiger partial charge in [0, 0.05) is 12.6 Å². The molecule has 0 radical (unpaired) electrons. The Kier molecular flexibility index (Phi) is 7.54. The molecule has 0 saturated heterocycles. The summed E-state index contributed by atoms with van der Waals surface area (Å²) in [7, 11) is -4.03. The maximum Gasteiger partial charge on any atom is 0.338 e. The molecule has 2 N–H and O–H groups in total. The third-order valence-electron chi connectivity index (χ3n) is 3.69. The van der Waals surface area contributed by atoms with E-state index in [1.807, 2.05) is 0 Å². The van der Waals surface area contributed by atoms with Crippen LogP contribution in [0.15, 0.2) is 47.4 Å². The van der Waals surface area contributed by atoms with Crippen LogP contribution in [0.4, 0.5) is 11.4 Å². The lowest BCUT2D eigenvalue weighted by Gasteiger charge is -2.12. The number of esters is 2. The maximum absolute atomic E-state index is 12.7. The average molecular weight is 434 g/mol. The molecule has 1 amide bonds. The minimum absolute atomic E-state index is 0.00103. The SMILES string of the molecule is CCOC(=O)c1cc(NS(=O)(=O)c2ccc(NC(C)=O)cc2)cc(C(=O)OCC)c1. The number of anilines is 2. The van der Waals surface area contributed by atoms with Crippen molar-refractivity contribution in [2.45, 2.75) is 25.7 Å². The zero-order chi connectivity index (χ0) is 22.3. The van der Waals surface area contributed by atoms with Gasteiger partial charge in [0.1, 0.15) is 0 Å². The van der Waals surface area contributed by atoms with E-state index in [9.17, 15) is 22.8 Å². The first-order valence-corrected chi connectivity index (χ1v) is 10.5. The van der Waals surface area contributed by atoms with Crippen molar-refractivity contribution in [1.29, 1.82) is 0 Å². The van der Waals surface area contributed by atoms with Gasteiger partial charge in [-0.05, 0) is 56.3 Å². The lowest BCUT2D eigenvalue weighted by atomic mass is 10.1. The number of carbonyl (C=O) groups excluding carboxylic acids is 3. The van der Waals surface area contributed by atoms with E-state index in [0.717, 1.165) is 0 Å². The summed E-state index contributed by atoms with van der Waals surface area (Å²) in [5, 5.41) is 2.54. The van der Waals surface area contributed by atoms with Crippen molar-refractivity contribution in [2.75, 3.05) is 23.3 Å². The number of amides is 1. The fraction of sp³-hybridized carbons (Fsp3) is 0.250. The Morgan fingerprint density at radius 1 is 0.833 bits per heavy atom. The van der Waals surface area contributed by atoms with Crippen LogP contribution < -0.4 is 10.0 Å². The second kappa shape index (κ2) is 9.88. The monoisotopic (exact) mass is 434 g/mol. The van der Waals surface area contributed by atoms with Crippen molar-refractivity contribution in [2.24, 2.45) is 0 Å². The number of carbonyl (C=O) groups is 3. The fourth-order valence-electron chi connectivity index (χ4n) is 2.49. The molecule has 0 saturated carbocycles. The summed E-state index contributed by atoms with van der Waals surface area (Å²) in [5.41, 5.74) is 0.437.